The van der Waals surface area contributed by atoms with Crippen molar-refractivity contribution in [2.24, 2.45) is 5.41 Å². The summed E-state index contributed by atoms with van der Waals surface area (Å²) in [6.07, 6.45) is 3.69. The summed E-state index contributed by atoms with van der Waals surface area (Å²) in [5.74, 6) is -0.889. The molecule has 0 radical (unpaired) electrons. The fourth-order valence-electron chi connectivity index (χ4n) is 2.53. The average Bonchev–Trinajstić information content (AvgIpc) is 3.03. The molecule has 158 valence electrons. The molecule has 1 atom stereocenters. The molecule has 1 amide bonds. The Bertz CT molecular complexity index is 851. The number of thioether (sulfide) groups is 1. The zero-order chi connectivity index (χ0) is 21.8. The molecule has 0 aliphatic carbocycles. The Balaban J connectivity index is 2.27. The van der Waals surface area contributed by atoms with Crippen LogP contribution in [0.25, 0.3) is 6.08 Å². The van der Waals surface area contributed by atoms with Crippen LogP contribution >= 0.6 is 23.1 Å². The van der Waals surface area contributed by atoms with E-state index in [0.717, 1.165) is 10.6 Å². The average molecular weight is 439 g/mol. The molecule has 0 aromatic carbocycles. The fraction of sp³-hybridized carbons (Fsp3) is 0.500. The summed E-state index contributed by atoms with van der Waals surface area (Å²) in [6, 6.07) is 0. The van der Waals surface area contributed by atoms with Crippen molar-refractivity contribution in [3.63, 3.8) is 0 Å². The van der Waals surface area contributed by atoms with Crippen LogP contribution in [0.3, 0.4) is 0 Å². The maximum atomic E-state index is 12.8. The lowest BCUT2D eigenvalue weighted by atomic mass is 9.98. The van der Waals surface area contributed by atoms with E-state index in [1.54, 1.807) is 38.0 Å². The summed E-state index contributed by atoms with van der Waals surface area (Å²) in [6.45, 7) is 9.79. The zero-order valence-electron chi connectivity index (χ0n) is 17.5. The first kappa shape index (κ1) is 23.2. The van der Waals surface area contributed by atoms with Crippen LogP contribution in [-0.4, -0.2) is 45.6 Å². The summed E-state index contributed by atoms with van der Waals surface area (Å²) in [7, 11) is 0. The minimum absolute atomic E-state index is 0.175. The number of hydrogen-bond acceptors (Lipinski definition) is 8. The van der Waals surface area contributed by atoms with E-state index in [0.29, 0.717) is 11.3 Å². The Kier molecular flexibility index (Phi) is 7.65. The van der Waals surface area contributed by atoms with E-state index in [-0.39, 0.29) is 17.0 Å². The van der Waals surface area contributed by atoms with Gasteiger partial charge in [-0.2, -0.15) is 0 Å². The zero-order valence-corrected chi connectivity index (χ0v) is 19.1. The number of hydrogen-bond donors (Lipinski definition) is 0. The molecule has 2 heterocycles. The Morgan fingerprint density at radius 1 is 1.28 bits per heavy atom. The van der Waals surface area contributed by atoms with Gasteiger partial charge in [-0.15, -0.1) is 23.1 Å². The minimum Gasteiger partial charge on any atom is -0.427 e. The number of nitrogens with zero attached hydrogens (tertiary/aromatic N) is 2. The van der Waals surface area contributed by atoms with E-state index in [1.807, 2.05) is 26.0 Å². The topological polar surface area (TPSA) is 85.8 Å². The third-order valence-electron chi connectivity index (χ3n) is 4.13. The fourth-order valence-corrected chi connectivity index (χ4v) is 4.28. The summed E-state index contributed by atoms with van der Waals surface area (Å²) in [4.78, 5) is 43.5. The minimum atomic E-state index is -0.701. The maximum absolute atomic E-state index is 12.8. The lowest BCUT2D eigenvalue weighted by molar-refractivity contribution is -0.172. The van der Waals surface area contributed by atoms with E-state index >= 15 is 0 Å². The summed E-state index contributed by atoms with van der Waals surface area (Å²) < 4.78 is 10.2. The second-order valence-corrected chi connectivity index (χ2v) is 9.73. The summed E-state index contributed by atoms with van der Waals surface area (Å²) in [5, 5.41) is -0.213. The normalized spacial score (nSPS) is 17.6. The number of thiazole rings is 1. The molecule has 1 aliphatic heterocycles. The molecule has 1 aromatic rings. The first-order valence-electron chi connectivity index (χ1n) is 9.09. The van der Waals surface area contributed by atoms with Crippen molar-refractivity contribution in [3.05, 3.63) is 33.4 Å². The van der Waals surface area contributed by atoms with Gasteiger partial charge >= 0.3 is 11.9 Å². The Labute approximate surface area is 179 Å². The number of carbonyl (C=O) groups excluding carboxylic acids is 3. The van der Waals surface area contributed by atoms with Crippen LogP contribution in [0.5, 0.6) is 0 Å². The molecule has 7 nitrogen and oxygen atoms in total. The van der Waals surface area contributed by atoms with Gasteiger partial charge < -0.3 is 9.47 Å². The molecule has 0 bridgehead atoms. The molecule has 9 heteroatoms. The highest BCUT2D eigenvalue weighted by molar-refractivity contribution is 8.00. The highest BCUT2D eigenvalue weighted by Crippen LogP contribution is 2.32. The second kappa shape index (κ2) is 9.58. The number of esters is 2. The SMILES string of the molecule is CC(=O)N1C(C(=O)OCOC(=O)C(C)(C)C)=C(/C=C\c2scnc2C)CS[C@@H]1C. The van der Waals surface area contributed by atoms with E-state index in [4.69, 9.17) is 9.47 Å². The number of rotatable bonds is 5. The van der Waals surface area contributed by atoms with Crippen LogP contribution in [0.4, 0.5) is 0 Å². The van der Waals surface area contributed by atoms with Crippen molar-refractivity contribution in [1.82, 2.24) is 9.88 Å². The highest BCUT2D eigenvalue weighted by atomic mass is 32.2. The summed E-state index contributed by atoms with van der Waals surface area (Å²) in [5.41, 5.74) is 2.79. The molecule has 1 aromatic heterocycles. The molecule has 1 aliphatic rings. The van der Waals surface area contributed by atoms with E-state index in [2.05, 4.69) is 4.98 Å². The van der Waals surface area contributed by atoms with Crippen LogP contribution in [-0.2, 0) is 23.9 Å². The molecule has 0 unspecified atom stereocenters. The summed E-state index contributed by atoms with van der Waals surface area (Å²) >= 11 is 3.04. The van der Waals surface area contributed by atoms with Crippen LogP contribution in [0.2, 0.25) is 0 Å². The molecular formula is C20H26N2O5S2. The van der Waals surface area contributed by atoms with Gasteiger partial charge in [-0.3, -0.25) is 14.5 Å². The van der Waals surface area contributed by atoms with Crippen molar-refractivity contribution in [2.75, 3.05) is 12.5 Å². The number of allylic oxidation sites excluding steroid dienone is 1. The van der Waals surface area contributed by atoms with E-state index in [1.165, 1.54) is 23.2 Å². The quantitative estimate of drug-likeness (QED) is 0.511. The number of amides is 1. The predicted molar refractivity (Wildman–Crippen MR) is 114 cm³/mol. The van der Waals surface area contributed by atoms with Gasteiger partial charge in [0.15, 0.2) is 0 Å². The van der Waals surface area contributed by atoms with Crippen molar-refractivity contribution in [1.29, 1.82) is 0 Å². The van der Waals surface area contributed by atoms with Crippen molar-refractivity contribution in [2.45, 2.75) is 46.9 Å². The van der Waals surface area contributed by atoms with Gasteiger partial charge in [-0.25, -0.2) is 9.78 Å². The Hall–Kier alpha value is -2.13. The number of carbonyl (C=O) groups is 3. The Morgan fingerprint density at radius 2 is 1.97 bits per heavy atom. The first-order chi connectivity index (χ1) is 13.5. The van der Waals surface area contributed by atoms with Crippen molar-refractivity contribution >= 4 is 47.0 Å². The van der Waals surface area contributed by atoms with Gasteiger partial charge in [0.05, 0.1) is 22.0 Å². The Morgan fingerprint density at radius 3 is 2.52 bits per heavy atom. The van der Waals surface area contributed by atoms with E-state index < -0.39 is 24.1 Å². The van der Waals surface area contributed by atoms with Gasteiger partial charge in [0, 0.05) is 17.6 Å². The van der Waals surface area contributed by atoms with Gasteiger partial charge in [0.2, 0.25) is 12.7 Å². The maximum Gasteiger partial charge on any atom is 0.358 e. The van der Waals surface area contributed by atoms with Gasteiger partial charge in [-0.1, -0.05) is 6.08 Å². The van der Waals surface area contributed by atoms with Gasteiger partial charge in [0.25, 0.3) is 0 Å². The molecule has 0 saturated carbocycles. The lowest BCUT2D eigenvalue weighted by Gasteiger charge is -2.34. The van der Waals surface area contributed by atoms with Crippen LogP contribution < -0.4 is 0 Å². The van der Waals surface area contributed by atoms with Crippen molar-refractivity contribution in [3.8, 4) is 0 Å². The smallest absolute Gasteiger partial charge is 0.358 e. The monoisotopic (exact) mass is 438 g/mol. The molecule has 0 saturated heterocycles. The van der Waals surface area contributed by atoms with Crippen LogP contribution in [0.1, 0.15) is 45.2 Å². The largest absolute Gasteiger partial charge is 0.427 e. The van der Waals surface area contributed by atoms with Crippen LogP contribution in [0, 0.1) is 12.3 Å². The molecule has 29 heavy (non-hydrogen) atoms. The molecule has 0 fully saturated rings. The highest BCUT2D eigenvalue weighted by Gasteiger charge is 2.34. The predicted octanol–water partition coefficient (Wildman–Crippen LogP) is 3.75. The molecule has 0 N–H and O–H groups in total. The second-order valence-electron chi connectivity index (χ2n) is 7.54. The molecule has 0 spiro atoms. The molecular weight excluding hydrogens is 412 g/mol. The number of ether oxygens (including phenoxy) is 2. The van der Waals surface area contributed by atoms with Crippen molar-refractivity contribution < 1.29 is 23.9 Å². The lowest BCUT2D eigenvalue weighted by Crippen LogP contribution is -2.41. The third kappa shape index (κ3) is 5.93. The molecule has 2 rings (SSSR count). The third-order valence-corrected chi connectivity index (χ3v) is 6.20. The van der Waals surface area contributed by atoms with Crippen LogP contribution in [0.15, 0.2) is 22.9 Å². The van der Waals surface area contributed by atoms with Gasteiger partial charge in [0.1, 0.15) is 5.70 Å². The van der Waals surface area contributed by atoms with E-state index in [9.17, 15) is 14.4 Å². The van der Waals surface area contributed by atoms with Gasteiger partial charge in [-0.05, 0) is 46.3 Å². The number of aromatic nitrogens is 1. The number of aryl methyl sites for hydroxylation is 1. The standard InChI is InChI=1S/C20H26N2O5S2/c1-12-16(29-10-21-12)8-7-15-9-28-14(3)22(13(2)23)17(15)18(24)26-11-27-19(25)20(4,5)6/h7-8,10,14H,9,11H2,1-6H3/b8-7-/t14-/m1/s1. The first-order valence-corrected chi connectivity index (χ1v) is 11.0.